The maximum absolute atomic E-state index is 13.0. The molecule has 138 valence electrons. The van der Waals surface area contributed by atoms with Gasteiger partial charge in [0.2, 0.25) is 0 Å². The van der Waals surface area contributed by atoms with Crippen LogP contribution in [0, 0.1) is 25.7 Å². The largest absolute Gasteiger partial charge is 0.481 e. The zero-order valence-corrected chi connectivity index (χ0v) is 15.9. The Morgan fingerprint density at radius 1 is 1.31 bits per heavy atom. The summed E-state index contributed by atoms with van der Waals surface area (Å²) in [7, 11) is 0. The van der Waals surface area contributed by atoms with Crippen molar-refractivity contribution in [3.8, 4) is 0 Å². The molecule has 0 unspecified atom stereocenters. The highest BCUT2D eigenvalue weighted by atomic mass is 32.2. The molecule has 2 atom stereocenters. The molecule has 6 nitrogen and oxygen atoms in total. The highest BCUT2D eigenvalue weighted by Gasteiger charge is 2.37. The van der Waals surface area contributed by atoms with Crippen molar-refractivity contribution < 1.29 is 19.2 Å². The fourth-order valence-corrected chi connectivity index (χ4v) is 4.45. The van der Waals surface area contributed by atoms with Crippen molar-refractivity contribution in [1.82, 2.24) is 10.1 Å². The normalized spacial score (nSPS) is 19.7. The van der Waals surface area contributed by atoms with E-state index in [0.717, 1.165) is 21.9 Å². The number of aliphatic carboxylic acids is 1. The second-order valence-electron chi connectivity index (χ2n) is 6.72. The van der Waals surface area contributed by atoms with E-state index in [1.54, 1.807) is 22.7 Å². The minimum Gasteiger partial charge on any atom is -0.481 e. The lowest BCUT2D eigenvalue weighted by Crippen LogP contribution is -2.30. The molecule has 0 radical (unpaired) electrons. The molecule has 0 bridgehead atoms. The molecule has 1 N–H and O–H groups in total. The van der Waals surface area contributed by atoms with E-state index in [2.05, 4.69) is 5.16 Å². The van der Waals surface area contributed by atoms with Gasteiger partial charge >= 0.3 is 5.97 Å². The summed E-state index contributed by atoms with van der Waals surface area (Å²) in [6.07, 6.45) is 0. The summed E-state index contributed by atoms with van der Waals surface area (Å²) in [5.74, 6) is -0.0352. The van der Waals surface area contributed by atoms with Crippen LogP contribution in [-0.4, -0.2) is 40.1 Å². The third kappa shape index (κ3) is 3.62. The number of hydrogen-bond donors (Lipinski definition) is 1. The Bertz CT molecular complexity index is 813. The molecular weight excluding hydrogens is 352 g/mol. The predicted molar refractivity (Wildman–Crippen MR) is 98.2 cm³/mol. The predicted octanol–water partition coefficient (Wildman–Crippen LogP) is 3.38. The summed E-state index contributed by atoms with van der Waals surface area (Å²) >= 11 is 1.56. The fourth-order valence-electron chi connectivity index (χ4n) is 3.25. The lowest BCUT2D eigenvalue weighted by atomic mass is 9.99. The molecule has 1 aliphatic heterocycles. The van der Waals surface area contributed by atoms with Crippen molar-refractivity contribution in [3.63, 3.8) is 0 Å². The lowest BCUT2D eigenvalue weighted by molar-refractivity contribution is -0.142. The number of nitrogens with zero attached hydrogens (tertiary/aromatic N) is 2. The molecule has 1 aromatic heterocycles. The molecule has 3 rings (SSSR count). The van der Waals surface area contributed by atoms with E-state index in [9.17, 15) is 14.7 Å². The first-order valence-corrected chi connectivity index (χ1v) is 9.52. The maximum Gasteiger partial charge on any atom is 0.308 e. The van der Waals surface area contributed by atoms with Crippen LogP contribution in [-0.2, 0) is 10.5 Å². The van der Waals surface area contributed by atoms with Gasteiger partial charge in [0.15, 0.2) is 0 Å². The minimum atomic E-state index is -0.839. The van der Waals surface area contributed by atoms with Gasteiger partial charge in [-0.05, 0) is 31.9 Å². The van der Waals surface area contributed by atoms with Crippen molar-refractivity contribution in [2.24, 2.45) is 11.8 Å². The second-order valence-corrected chi connectivity index (χ2v) is 7.74. The van der Waals surface area contributed by atoms with Crippen molar-refractivity contribution in [2.45, 2.75) is 31.4 Å². The van der Waals surface area contributed by atoms with Gasteiger partial charge in [-0.2, -0.15) is 0 Å². The number of rotatable bonds is 5. The number of carboxylic acids is 1. The van der Waals surface area contributed by atoms with Crippen LogP contribution in [0.25, 0.3) is 0 Å². The van der Waals surface area contributed by atoms with Gasteiger partial charge in [-0.3, -0.25) is 9.59 Å². The number of likely N-dealkylation sites (tertiary alicyclic amines) is 1. The number of carbonyl (C=O) groups excluding carboxylic acids is 1. The Labute approximate surface area is 156 Å². The summed E-state index contributed by atoms with van der Waals surface area (Å²) in [5.41, 5.74) is 2.51. The molecule has 0 saturated carbocycles. The van der Waals surface area contributed by atoms with Crippen LogP contribution in [0.2, 0.25) is 0 Å². The number of carbonyl (C=O) groups is 2. The van der Waals surface area contributed by atoms with E-state index >= 15 is 0 Å². The Kier molecular flexibility index (Phi) is 5.36. The van der Waals surface area contributed by atoms with Crippen molar-refractivity contribution in [3.05, 3.63) is 46.8 Å². The second kappa shape index (κ2) is 7.53. The number of benzene rings is 1. The number of aromatic nitrogens is 1. The van der Waals surface area contributed by atoms with Crippen LogP contribution in [0.5, 0.6) is 0 Å². The average molecular weight is 374 g/mol. The van der Waals surface area contributed by atoms with Crippen LogP contribution < -0.4 is 0 Å². The molecule has 2 heterocycles. The first kappa shape index (κ1) is 18.5. The Hall–Kier alpha value is -2.28. The van der Waals surface area contributed by atoms with Crippen LogP contribution in [0.3, 0.4) is 0 Å². The third-order valence-electron chi connectivity index (χ3n) is 4.89. The fraction of sp³-hybridized carbons (Fsp3) is 0.421. The first-order chi connectivity index (χ1) is 12.4. The van der Waals surface area contributed by atoms with Gasteiger partial charge in [-0.15, -0.1) is 11.8 Å². The number of aryl methyl sites for hydroxylation is 2. The maximum atomic E-state index is 13.0. The molecule has 0 aliphatic carbocycles. The Morgan fingerprint density at radius 2 is 2.04 bits per heavy atom. The average Bonchev–Trinajstić information content (AvgIpc) is 3.16. The summed E-state index contributed by atoms with van der Waals surface area (Å²) in [6.45, 7) is 6.40. The van der Waals surface area contributed by atoms with Gasteiger partial charge in [-0.25, -0.2) is 0 Å². The van der Waals surface area contributed by atoms with Crippen molar-refractivity contribution in [1.29, 1.82) is 0 Å². The molecule has 1 amide bonds. The monoisotopic (exact) mass is 374 g/mol. The molecule has 7 heteroatoms. The van der Waals surface area contributed by atoms with E-state index in [4.69, 9.17) is 4.52 Å². The zero-order chi connectivity index (χ0) is 18.8. The first-order valence-electron chi connectivity index (χ1n) is 8.54. The van der Waals surface area contributed by atoms with E-state index in [1.807, 2.05) is 39.0 Å². The van der Waals surface area contributed by atoms with E-state index in [0.29, 0.717) is 17.9 Å². The molecule has 1 aliphatic rings. The summed E-state index contributed by atoms with van der Waals surface area (Å²) in [6, 6.07) is 7.46. The number of hydrogen-bond acceptors (Lipinski definition) is 5. The van der Waals surface area contributed by atoms with Gasteiger partial charge < -0.3 is 14.5 Å². The quantitative estimate of drug-likeness (QED) is 0.808. The van der Waals surface area contributed by atoms with Crippen molar-refractivity contribution in [2.75, 3.05) is 13.1 Å². The molecule has 1 saturated heterocycles. The molecular formula is C19H22N2O4S. The summed E-state index contributed by atoms with van der Waals surface area (Å²) in [4.78, 5) is 26.8. The zero-order valence-electron chi connectivity index (χ0n) is 15.1. The smallest absolute Gasteiger partial charge is 0.308 e. The Morgan fingerprint density at radius 3 is 2.65 bits per heavy atom. The van der Waals surface area contributed by atoms with Crippen LogP contribution in [0.4, 0.5) is 0 Å². The van der Waals surface area contributed by atoms with Gasteiger partial charge in [0.05, 0.1) is 17.2 Å². The lowest BCUT2D eigenvalue weighted by Gasteiger charge is -2.18. The van der Waals surface area contributed by atoms with Crippen LogP contribution in [0.15, 0.2) is 33.7 Å². The van der Waals surface area contributed by atoms with Crippen LogP contribution >= 0.6 is 11.8 Å². The molecule has 1 aromatic carbocycles. The van der Waals surface area contributed by atoms with Crippen molar-refractivity contribution >= 4 is 23.6 Å². The molecule has 1 fully saturated rings. The SMILES string of the molecule is Cc1noc(C)c1CSc1ccccc1C(=O)N1C[C@@H](C)[C@H](C(=O)O)C1. The molecule has 26 heavy (non-hydrogen) atoms. The number of carboxylic acid groups (broad SMARTS) is 1. The van der Waals surface area contributed by atoms with Gasteiger partial charge in [0, 0.05) is 29.3 Å². The molecule has 0 spiro atoms. The van der Waals surface area contributed by atoms with Gasteiger partial charge in [-0.1, -0.05) is 24.2 Å². The van der Waals surface area contributed by atoms with Gasteiger partial charge in [0.25, 0.3) is 5.91 Å². The standard InChI is InChI=1S/C19H22N2O4S/c1-11-8-21(9-15(11)19(23)24)18(22)14-6-4-5-7-17(14)26-10-16-12(2)20-25-13(16)3/h4-7,11,15H,8-10H2,1-3H3,(H,23,24)/t11-,15-/m1/s1. The molecule has 2 aromatic rings. The van der Waals surface area contributed by atoms with E-state index in [1.165, 1.54) is 0 Å². The van der Waals surface area contributed by atoms with E-state index in [-0.39, 0.29) is 18.4 Å². The topological polar surface area (TPSA) is 83.6 Å². The summed E-state index contributed by atoms with van der Waals surface area (Å²) in [5, 5.41) is 13.3. The number of thioether (sulfide) groups is 1. The number of amides is 1. The highest BCUT2D eigenvalue weighted by molar-refractivity contribution is 7.98. The highest BCUT2D eigenvalue weighted by Crippen LogP contribution is 2.31. The van der Waals surface area contributed by atoms with Crippen LogP contribution in [0.1, 0.15) is 34.3 Å². The summed E-state index contributed by atoms with van der Waals surface area (Å²) < 4.78 is 5.19. The van der Waals surface area contributed by atoms with E-state index < -0.39 is 11.9 Å². The van der Waals surface area contributed by atoms with Gasteiger partial charge in [0.1, 0.15) is 5.76 Å². The Balaban J connectivity index is 1.77. The minimum absolute atomic E-state index is 0.0430. The third-order valence-corrected chi connectivity index (χ3v) is 5.99.